The van der Waals surface area contributed by atoms with E-state index < -0.39 is 11.1 Å². The number of nitrogens with one attached hydrogen (secondary N) is 1. The highest BCUT2D eigenvalue weighted by molar-refractivity contribution is 5.81. The molecule has 0 aromatic carbocycles. The second kappa shape index (κ2) is 8.02. The molecule has 2 saturated heterocycles. The standard InChI is InChI=1S/C19H34FN3O2/c1-15-5-9-23(10-6-15)16(24)13-22-11-7-19(20,8-12-22)14-21-17(25)18(2,3)4/h15H,5-14H2,1-4H3,(H,21,25). The quantitative estimate of drug-likeness (QED) is 0.841. The zero-order valence-corrected chi connectivity index (χ0v) is 16.2. The number of piperidine rings is 2. The molecule has 2 rings (SSSR count). The van der Waals surface area contributed by atoms with Gasteiger partial charge in [0.15, 0.2) is 0 Å². The summed E-state index contributed by atoms with van der Waals surface area (Å²) in [5.41, 5.74) is -1.86. The Morgan fingerprint density at radius 1 is 1.12 bits per heavy atom. The van der Waals surface area contributed by atoms with Gasteiger partial charge < -0.3 is 10.2 Å². The molecule has 1 N–H and O–H groups in total. The molecule has 2 amide bonds. The first-order valence-electron chi connectivity index (χ1n) is 9.56. The van der Waals surface area contributed by atoms with Gasteiger partial charge in [-0.2, -0.15) is 0 Å². The number of alkyl halides is 1. The van der Waals surface area contributed by atoms with Crippen molar-refractivity contribution in [2.45, 2.75) is 59.0 Å². The molecule has 144 valence electrons. The van der Waals surface area contributed by atoms with E-state index in [0.717, 1.165) is 25.9 Å². The van der Waals surface area contributed by atoms with Gasteiger partial charge in [0.1, 0.15) is 5.67 Å². The summed E-state index contributed by atoms with van der Waals surface area (Å²) in [4.78, 5) is 28.3. The summed E-state index contributed by atoms with van der Waals surface area (Å²) in [5.74, 6) is 0.746. The normalized spacial score (nSPS) is 22.7. The Hall–Kier alpha value is -1.17. The van der Waals surface area contributed by atoms with Gasteiger partial charge in [-0.1, -0.05) is 27.7 Å². The first-order chi connectivity index (χ1) is 11.6. The fourth-order valence-electron chi connectivity index (χ4n) is 3.34. The van der Waals surface area contributed by atoms with E-state index in [-0.39, 0.29) is 18.4 Å². The van der Waals surface area contributed by atoms with E-state index in [1.807, 2.05) is 30.6 Å². The first kappa shape index (κ1) is 20.1. The van der Waals surface area contributed by atoms with Gasteiger partial charge in [0.25, 0.3) is 0 Å². The van der Waals surface area contributed by atoms with E-state index in [1.54, 1.807) is 0 Å². The Kier molecular flexibility index (Phi) is 6.46. The maximum Gasteiger partial charge on any atom is 0.236 e. The molecule has 0 bridgehead atoms. The molecule has 2 aliphatic rings. The number of rotatable bonds is 4. The molecular formula is C19H34FN3O2. The molecule has 0 aliphatic carbocycles. The molecule has 25 heavy (non-hydrogen) atoms. The third-order valence-corrected chi connectivity index (χ3v) is 5.49. The molecule has 2 heterocycles. The summed E-state index contributed by atoms with van der Waals surface area (Å²) in [6, 6.07) is 0. The molecule has 2 fully saturated rings. The van der Waals surface area contributed by atoms with E-state index in [1.165, 1.54) is 0 Å². The zero-order chi connectivity index (χ0) is 18.7. The van der Waals surface area contributed by atoms with Gasteiger partial charge in [-0.05, 0) is 31.6 Å². The fourth-order valence-corrected chi connectivity index (χ4v) is 3.34. The summed E-state index contributed by atoms with van der Waals surface area (Å²) >= 11 is 0. The van der Waals surface area contributed by atoms with Crippen LogP contribution in [0.5, 0.6) is 0 Å². The number of likely N-dealkylation sites (tertiary alicyclic amines) is 2. The SMILES string of the molecule is CC1CCN(C(=O)CN2CCC(F)(CNC(=O)C(C)(C)C)CC2)CC1. The minimum Gasteiger partial charge on any atom is -0.352 e. The second-order valence-corrected chi connectivity index (χ2v) is 8.92. The summed E-state index contributed by atoms with van der Waals surface area (Å²) in [5, 5.41) is 2.74. The number of carbonyl (C=O) groups is 2. The molecule has 2 aliphatic heterocycles. The van der Waals surface area contributed by atoms with Gasteiger partial charge in [-0.25, -0.2) is 4.39 Å². The van der Waals surface area contributed by atoms with Crippen molar-refractivity contribution in [3.63, 3.8) is 0 Å². The van der Waals surface area contributed by atoms with Crippen molar-refractivity contribution in [3.8, 4) is 0 Å². The van der Waals surface area contributed by atoms with Gasteiger partial charge in [0, 0.05) is 31.6 Å². The highest BCUT2D eigenvalue weighted by atomic mass is 19.1. The highest BCUT2D eigenvalue weighted by Crippen LogP contribution is 2.26. The van der Waals surface area contributed by atoms with Gasteiger partial charge >= 0.3 is 0 Å². The van der Waals surface area contributed by atoms with Crippen molar-refractivity contribution in [2.75, 3.05) is 39.3 Å². The van der Waals surface area contributed by atoms with E-state index >= 15 is 0 Å². The first-order valence-corrected chi connectivity index (χ1v) is 9.56. The minimum atomic E-state index is -1.36. The van der Waals surface area contributed by atoms with Crippen molar-refractivity contribution in [1.82, 2.24) is 15.1 Å². The molecule has 0 aromatic rings. The van der Waals surface area contributed by atoms with Crippen LogP contribution in [0.15, 0.2) is 0 Å². The summed E-state index contributed by atoms with van der Waals surface area (Å²) in [7, 11) is 0. The second-order valence-electron chi connectivity index (χ2n) is 8.92. The molecular weight excluding hydrogens is 321 g/mol. The average molecular weight is 355 g/mol. The predicted molar refractivity (Wildman–Crippen MR) is 97.0 cm³/mol. The summed E-state index contributed by atoms with van der Waals surface area (Å²) in [6.07, 6.45) is 2.88. The van der Waals surface area contributed by atoms with Crippen LogP contribution in [0.2, 0.25) is 0 Å². The molecule has 6 heteroatoms. The lowest BCUT2D eigenvalue weighted by molar-refractivity contribution is -0.134. The van der Waals surface area contributed by atoms with Crippen LogP contribution in [0.4, 0.5) is 4.39 Å². The Balaban J connectivity index is 1.73. The van der Waals surface area contributed by atoms with Gasteiger partial charge in [0.05, 0.1) is 13.1 Å². The Morgan fingerprint density at radius 3 is 2.20 bits per heavy atom. The monoisotopic (exact) mass is 355 g/mol. The van der Waals surface area contributed by atoms with Crippen LogP contribution in [0.25, 0.3) is 0 Å². The van der Waals surface area contributed by atoms with E-state index in [4.69, 9.17) is 0 Å². The zero-order valence-electron chi connectivity index (χ0n) is 16.2. The Morgan fingerprint density at radius 2 is 1.68 bits per heavy atom. The largest absolute Gasteiger partial charge is 0.352 e. The fraction of sp³-hybridized carbons (Fsp3) is 0.895. The number of amides is 2. The summed E-state index contributed by atoms with van der Waals surface area (Å²) < 4.78 is 14.9. The summed E-state index contributed by atoms with van der Waals surface area (Å²) in [6.45, 7) is 11.0. The lowest BCUT2D eigenvalue weighted by atomic mass is 9.91. The lowest BCUT2D eigenvalue weighted by Gasteiger charge is -2.38. The van der Waals surface area contributed by atoms with E-state index in [2.05, 4.69) is 12.2 Å². The molecule has 5 nitrogen and oxygen atoms in total. The van der Waals surface area contributed by atoms with Crippen molar-refractivity contribution in [1.29, 1.82) is 0 Å². The van der Waals surface area contributed by atoms with Gasteiger partial charge in [0.2, 0.25) is 11.8 Å². The number of carbonyl (C=O) groups excluding carboxylic acids is 2. The average Bonchev–Trinajstić information content (AvgIpc) is 2.55. The molecule has 0 aromatic heterocycles. The van der Waals surface area contributed by atoms with Crippen LogP contribution in [0.3, 0.4) is 0 Å². The highest BCUT2D eigenvalue weighted by Gasteiger charge is 2.36. The van der Waals surface area contributed by atoms with E-state index in [0.29, 0.717) is 38.4 Å². The van der Waals surface area contributed by atoms with Crippen LogP contribution in [-0.4, -0.2) is 66.6 Å². The number of halogens is 1. The van der Waals surface area contributed by atoms with Crippen LogP contribution in [-0.2, 0) is 9.59 Å². The smallest absolute Gasteiger partial charge is 0.236 e. The number of hydrogen-bond donors (Lipinski definition) is 1. The van der Waals surface area contributed by atoms with Gasteiger partial charge in [-0.3, -0.25) is 14.5 Å². The predicted octanol–water partition coefficient (Wildman–Crippen LogP) is 2.21. The molecule has 0 radical (unpaired) electrons. The number of nitrogens with zero attached hydrogens (tertiary/aromatic N) is 2. The van der Waals surface area contributed by atoms with E-state index in [9.17, 15) is 14.0 Å². The van der Waals surface area contributed by atoms with Crippen LogP contribution < -0.4 is 5.32 Å². The van der Waals surface area contributed by atoms with Crippen LogP contribution >= 0.6 is 0 Å². The molecule has 0 atom stereocenters. The minimum absolute atomic E-state index is 0.0644. The van der Waals surface area contributed by atoms with Crippen LogP contribution in [0, 0.1) is 11.3 Å². The maximum atomic E-state index is 14.9. The number of hydrogen-bond acceptors (Lipinski definition) is 3. The molecule has 0 spiro atoms. The Bertz CT molecular complexity index is 474. The molecule has 0 unspecified atom stereocenters. The third-order valence-electron chi connectivity index (χ3n) is 5.49. The maximum absolute atomic E-state index is 14.9. The van der Waals surface area contributed by atoms with Crippen molar-refractivity contribution in [3.05, 3.63) is 0 Å². The Labute approximate surface area is 151 Å². The topological polar surface area (TPSA) is 52.7 Å². The third kappa shape index (κ3) is 5.94. The van der Waals surface area contributed by atoms with Gasteiger partial charge in [-0.15, -0.1) is 0 Å². The molecule has 0 saturated carbocycles. The van der Waals surface area contributed by atoms with Crippen molar-refractivity contribution < 1.29 is 14.0 Å². The lowest BCUT2D eigenvalue weighted by Crippen LogP contribution is -2.52. The van der Waals surface area contributed by atoms with Crippen LogP contribution in [0.1, 0.15) is 53.4 Å². The van der Waals surface area contributed by atoms with Crippen molar-refractivity contribution in [2.24, 2.45) is 11.3 Å². The van der Waals surface area contributed by atoms with Crippen molar-refractivity contribution >= 4 is 11.8 Å².